The Morgan fingerprint density at radius 1 is 0.588 bits per heavy atom. The van der Waals surface area contributed by atoms with Gasteiger partial charge in [-0.3, -0.25) is 0 Å². The number of aliphatic hydroxyl groups is 11. The summed E-state index contributed by atoms with van der Waals surface area (Å²) in [4.78, 5) is 0. The van der Waals surface area contributed by atoms with Gasteiger partial charge in [0.2, 0.25) is 5.79 Å². The molecule has 0 aromatic carbocycles. The molecule has 0 amide bonds. The van der Waals surface area contributed by atoms with Crippen LogP contribution in [-0.4, -0.2) is 168 Å². The van der Waals surface area contributed by atoms with Crippen LogP contribution in [0.5, 0.6) is 0 Å². The third-order valence-corrected chi connectivity index (χ3v) is 6.18. The summed E-state index contributed by atoms with van der Waals surface area (Å²) in [6, 6.07) is 0. The molecule has 0 aromatic rings. The van der Waals surface area contributed by atoms with Gasteiger partial charge in [0.1, 0.15) is 73.8 Å². The predicted molar refractivity (Wildman–Crippen MR) is 101 cm³/mol. The second-order valence-electron chi connectivity index (χ2n) is 8.37. The van der Waals surface area contributed by atoms with Crippen LogP contribution in [-0.2, 0) is 23.7 Å². The number of hydrogen-bond donors (Lipinski definition) is 11. The van der Waals surface area contributed by atoms with Crippen molar-refractivity contribution in [2.75, 3.05) is 26.4 Å². The fraction of sp³-hybridized carbons (Fsp3) is 1.00. The highest BCUT2D eigenvalue weighted by molar-refractivity contribution is 4.99. The molecule has 0 aliphatic carbocycles. The van der Waals surface area contributed by atoms with Crippen LogP contribution in [0, 0.1) is 0 Å². The van der Waals surface area contributed by atoms with Gasteiger partial charge in [0.25, 0.3) is 0 Å². The van der Waals surface area contributed by atoms with Gasteiger partial charge in [0.05, 0.1) is 19.8 Å². The zero-order valence-electron chi connectivity index (χ0n) is 17.8. The molecule has 3 rings (SSSR count). The van der Waals surface area contributed by atoms with Crippen LogP contribution in [0.1, 0.15) is 0 Å². The highest BCUT2D eigenvalue weighted by Gasteiger charge is 2.59. The molecule has 11 N–H and O–H groups in total. The Morgan fingerprint density at radius 3 is 1.68 bits per heavy atom. The molecule has 0 saturated carbocycles. The maximum absolute atomic E-state index is 10.6. The maximum Gasteiger partial charge on any atom is 0.224 e. The fourth-order valence-electron chi connectivity index (χ4n) is 4.12. The highest BCUT2D eigenvalue weighted by atomic mass is 16.8. The second kappa shape index (κ2) is 11.2. The molecule has 3 heterocycles. The van der Waals surface area contributed by atoms with Crippen molar-refractivity contribution in [1.82, 2.24) is 0 Å². The van der Waals surface area contributed by atoms with Gasteiger partial charge in [-0.1, -0.05) is 0 Å². The zero-order valence-corrected chi connectivity index (χ0v) is 17.8. The molecular formula is C18H32O16. The second-order valence-corrected chi connectivity index (χ2v) is 8.37. The Balaban J connectivity index is 1.74. The van der Waals surface area contributed by atoms with Crippen molar-refractivity contribution < 1.29 is 79.9 Å². The third-order valence-electron chi connectivity index (χ3n) is 6.18. The van der Waals surface area contributed by atoms with Crippen molar-refractivity contribution in [2.45, 2.75) is 85.5 Å². The van der Waals surface area contributed by atoms with Gasteiger partial charge in [0.15, 0.2) is 12.6 Å². The topological polar surface area (TPSA) is 269 Å². The third kappa shape index (κ3) is 4.96. The molecule has 16 heteroatoms. The Kier molecular flexibility index (Phi) is 9.18. The predicted octanol–water partition coefficient (Wildman–Crippen LogP) is -7.57. The van der Waals surface area contributed by atoms with Crippen LogP contribution in [0.4, 0.5) is 0 Å². The summed E-state index contributed by atoms with van der Waals surface area (Å²) in [5.74, 6) is -2.36. The molecule has 16 nitrogen and oxygen atoms in total. The van der Waals surface area contributed by atoms with E-state index in [9.17, 15) is 56.2 Å². The summed E-state index contributed by atoms with van der Waals surface area (Å²) in [6.45, 7) is -3.39. The van der Waals surface area contributed by atoms with Crippen LogP contribution in [0.2, 0.25) is 0 Å². The molecule has 200 valence electrons. The normalized spacial score (nSPS) is 52.1. The lowest BCUT2D eigenvalue weighted by molar-refractivity contribution is -0.398. The summed E-state index contributed by atoms with van der Waals surface area (Å²) in [5, 5.41) is 109. The smallest absolute Gasteiger partial charge is 0.224 e. The van der Waals surface area contributed by atoms with E-state index in [1.165, 1.54) is 0 Å². The van der Waals surface area contributed by atoms with Crippen LogP contribution in [0.15, 0.2) is 0 Å². The molecule has 0 radical (unpaired) electrons. The van der Waals surface area contributed by atoms with Crippen LogP contribution < -0.4 is 0 Å². The Hall–Kier alpha value is -0.640. The van der Waals surface area contributed by atoms with Gasteiger partial charge in [-0.2, -0.15) is 0 Å². The minimum Gasteiger partial charge on any atom is -0.394 e. The molecule has 3 fully saturated rings. The quantitative estimate of drug-likeness (QED) is 0.146. The van der Waals surface area contributed by atoms with E-state index in [-0.39, 0.29) is 0 Å². The molecule has 0 bridgehead atoms. The van der Waals surface area contributed by atoms with Crippen molar-refractivity contribution >= 4 is 0 Å². The molecule has 3 aliphatic heterocycles. The van der Waals surface area contributed by atoms with Gasteiger partial charge >= 0.3 is 0 Å². The summed E-state index contributed by atoms with van der Waals surface area (Å²) in [6.07, 6.45) is -22.0. The SMILES string of the molecule is OCC1O[C@@H](O[C@@H]2C(CO)O[C@H](O[C@]3(CO)O[C@@H](CO)C(O)[C@H]3O)C(O)[C@H]2O)C(O)[C@@H](O)[C@@H]1O. The average Bonchev–Trinajstić information content (AvgIpc) is 3.08. The lowest BCUT2D eigenvalue weighted by atomic mass is 9.97. The summed E-state index contributed by atoms with van der Waals surface area (Å²) in [5.41, 5.74) is 0. The van der Waals surface area contributed by atoms with Crippen molar-refractivity contribution in [3.8, 4) is 0 Å². The molecule has 3 saturated heterocycles. The van der Waals surface area contributed by atoms with E-state index in [2.05, 4.69) is 0 Å². The van der Waals surface area contributed by atoms with Crippen molar-refractivity contribution in [3.05, 3.63) is 0 Å². The van der Waals surface area contributed by atoms with Crippen LogP contribution >= 0.6 is 0 Å². The molecule has 0 aromatic heterocycles. The summed E-state index contributed by atoms with van der Waals surface area (Å²) < 4.78 is 26.6. The van der Waals surface area contributed by atoms with Gasteiger partial charge in [-0.15, -0.1) is 0 Å². The lowest BCUT2D eigenvalue weighted by Crippen LogP contribution is -2.66. The first-order valence-electron chi connectivity index (χ1n) is 10.6. The standard InChI is InChI=1S/C18H32O16/c19-1-5-8(23)10(25)12(27)16(30-5)32-14-7(3-21)31-17(13(28)11(14)26)34-18(4-22)15(29)9(24)6(2-20)33-18/h5-17,19-29H,1-4H2/t5?,6-,7?,8+,9?,10-,11+,12?,13?,14+,15+,16-,17+,18-/m0/s1. The van der Waals surface area contributed by atoms with Gasteiger partial charge in [-0.05, 0) is 0 Å². The van der Waals surface area contributed by atoms with E-state index < -0.39 is 112 Å². The van der Waals surface area contributed by atoms with E-state index in [4.69, 9.17) is 23.7 Å². The lowest BCUT2D eigenvalue weighted by Gasteiger charge is -2.47. The van der Waals surface area contributed by atoms with E-state index in [1.54, 1.807) is 0 Å². The first-order chi connectivity index (χ1) is 16.0. The van der Waals surface area contributed by atoms with E-state index in [1.807, 2.05) is 0 Å². The first kappa shape index (κ1) is 27.9. The molecule has 34 heavy (non-hydrogen) atoms. The number of hydrogen-bond acceptors (Lipinski definition) is 16. The molecule has 3 aliphatic rings. The Labute approximate surface area is 192 Å². The molecule has 14 atom stereocenters. The van der Waals surface area contributed by atoms with Crippen molar-refractivity contribution in [2.24, 2.45) is 0 Å². The van der Waals surface area contributed by atoms with E-state index in [0.717, 1.165) is 0 Å². The van der Waals surface area contributed by atoms with Gasteiger partial charge in [0, 0.05) is 0 Å². The number of aliphatic hydroxyl groups excluding tert-OH is 11. The summed E-state index contributed by atoms with van der Waals surface area (Å²) in [7, 11) is 0. The van der Waals surface area contributed by atoms with Crippen molar-refractivity contribution in [3.63, 3.8) is 0 Å². The van der Waals surface area contributed by atoms with Crippen molar-refractivity contribution in [1.29, 1.82) is 0 Å². The monoisotopic (exact) mass is 504 g/mol. The van der Waals surface area contributed by atoms with Gasteiger partial charge in [-0.25, -0.2) is 0 Å². The molecule has 0 spiro atoms. The molecular weight excluding hydrogens is 472 g/mol. The molecule has 5 unspecified atom stereocenters. The largest absolute Gasteiger partial charge is 0.394 e. The number of rotatable bonds is 8. The Morgan fingerprint density at radius 2 is 1.15 bits per heavy atom. The van der Waals surface area contributed by atoms with E-state index >= 15 is 0 Å². The minimum atomic E-state index is -2.36. The van der Waals surface area contributed by atoms with Crippen LogP contribution in [0.25, 0.3) is 0 Å². The zero-order chi connectivity index (χ0) is 25.4. The average molecular weight is 504 g/mol. The summed E-state index contributed by atoms with van der Waals surface area (Å²) >= 11 is 0. The first-order valence-corrected chi connectivity index (χ1v) is 10.6. The maximum atomic E-state index is 10.6. The van der Waals surface area contributed by atoms with Gasteiger partial charge < -0.3 is 79.9 Å². The Bertz CT molecular complexity index is 651. The van der Waals surface area contributed by atoms with E-state index in [0.29, 0.717) is 0 Å². The highest BCUT2D eigenvalue weighted by Crippen LogP contribution is 2.37. The van der Waals surface area contributed by atoms with Crippen LogP contribution in [0.3, 0.4) is 0 Å². The number of ether oxygens (including phenoxy) is 5. The fourth-order valence-corrected chi connectivity index (χ4v) is 4.12. The minimum absolute atomic E-state index is 0.742.